The van der Waals surface area contributed by atoms with Crippen molar-refractivity contribution in [3.05, 3.63) is 78.4 Å². The van der Waals surface area contributed by atoms with Crippen LogP contribution in [0, 0.1) is 0 Å². The fraction of sp³-hybridized carbons (Fsp3) is 0.222. The van der Waals surface area contributed by atoms with Gasteiger partial charge in [0, 0.05) is 47.0 Å². The molecule has 0 atom stereocenters. The zero-order valence-electron chi connectivity index (χ0n) is 19.3. The van der Waals surface area contributed by atoms with Crippen LogP contribution in [0.4, 0.5) is 17.6 Å². The van der Waals surface area contributed by atoms with Crippen LogP contribution in [0.15, 0.2) is 72.8 Å². The van der Waals surface area contributed by atoms with E-state index >= 15 is 0 Å². The fourth-order valence-corrected chi connectivity index (χ4v) is 4.33. The summed E-state index contributed by atoms with van der Waals surface area (Å²) in [5.41, 5.74) is 4.31. The smallest absolute Gasteiger partial charge is 0.323 e. The van der Waals surface area contributed by atoms with E-state index in [1.165, 1.54) is 10.9 Å². The molecule has 6 rings (SSSR count). The number of nitrogens with one attached hydrogen (secondary N) is 2. The number of aromatic nitrogens is 4. The lowest BCUT2D eigenvalue weighted by atomic mass is 10.1. The highest BCUT2D eigenvalue weighted by Crippen LogP contribution is 2.29. The highest BCUT2D eigenvalue weighted by molar-refractivity contribution is 6.08. The van der Waals surface area contributed by atoms with Crippen molar-refractivity contribution in [3.8, 4) is 6.01 Å². The minimum Gasteiger partial charge on any atom is -0.463 e. The monoisotopic (exact) mass is 466 g/mol. The van der Waals surface area contributed by atoms with Crippen LogP contribution in [0.3, 0.4) is 0 Å². The molecule has 5 aromatic rings. The number of anilines is 3. The lowest BCUT2D eigenvalue weighted by Gasteiger charge is -2.27. The van der Waals surface area contributed by atoms with Crippen molar-refractivity contribution >= 4 is 39.4 Å². The number of fused-ring (bicyclic) bond motifs is 3. The first-order valence-corrected chi connectivity index (χ1v) is 11.8. The summed E-state index contributed by atoms with van der Waals surface area (Å²) in [5, 5.41) is 5.69. The number of aromatic amines is 1. The van der Waals surface area contributed by atoms with Crippen molar-refractivity contribution in [1.29, 1.82) is 0 Å². The number of para-hydroxylation sites is 1. The summed E-state index contributed by atoms with van der Waals surface area (Å²) in [6.07, 6.45) is 0.777. The van der Waals surface area contributed by atoms with Gasteiger partial charge < -0.3 is 24.7 Å². The van der Waals surface area contributed by atoms with Gasteiger partial charge in [-0.2, -0.15) is 15.0 Å². The standard InChI is InChI=1S/C27H26N6O2/c1-2-6-19(7-3-1)12-15-35-27-31-25(30-26(32-27)33-13-16-34-17-14-33)28-20-10-11-24-22(18-20)21-8-4-5-9-23(21)29-24/h1-11,18,29H,12-17H2,(H,28,30,31,32). The Balaban J connectivity index is 1.27. The summed E-state index contributed by atoms with van der Waals surface area (Å²) < 4.78 is 11.5. The molecule has 0 saturated carbocycles. The quantitative estimate of drug-likeness (QED) is 0.359. The van der Waals surface area contributed by atoms with Crippen molar-refractivity contribution in [2.24, 2.45) is 0 Å². The van der Waals surface area contributed by atoms with Crippen LogP contribution in [-0.2, 0) is 11.2 Å². The van der Waals surface area contributed by atoms with Crippen molar-refractivity contribution < 1.29 is 9.47 Å². The van der Waals surface area contributed by atoms with Crippen LogP contribution in [0.2, 0.25) is 0 Å². The summed E-state index contributed by atoms with van der Waals surface area (Å²) >= 11 is 0. The molecular formula is C27H26N6O2. The Kier molecular flexibility index (Phi) is 5.86. The molecule has 2 aromatic heterocycles. The SMILES string of the molecule is c1ccc(CCOc2nc(Nc3ccc4[nH]c5ccccc5c4c3)nc(N3CCOCC3)n2)cc1. The Hall–Kier alpha value is -4.17. The Morgan fingerprint density at radius 2 is 1.66 bits per heavy atom. The predicted octanol–water partition coefficient (Wildman–Crippen LogP) is 4.71. The summed E-state index contributed by atoms with van der Waals surface area (Å²) in [6.45, 7) is 3.24. The maximum atomic E-state index is 5.97. The van der Waals surface area contributed by atoms with Crippen molar-refractivity contribution in [1.82, 2.24) is 19.9 Å². The number of rotatable bonds is 7. The van der Waals surface area contributed by atoms with Gasteiger partial charge in [0.1, 0.15) is 0 Å². The molecule has 0 radical (unpaired) electrons. The number of nitrogens with zero attached hydrogens (tertiary/aromatic N) is 4. The largest absolute Gasteiger partial charge is 0.463 e. The minimum absolute atomic E-state index is 0.313. The third-order valence-electron chi connectivity index (χ3n) is 6.12. The average Bonchev–Trinajstić information content (AvgIpc) is 3.28. The van der Waals surface area contributed by atoms with E-state index in [2.05, 4.69) is 67.6 Å². The maximum Gasteiger partial charge on any atom is 0.323 e. The third-order valence-corrected chi connectivity index (χ3v) is 6.12. The zero-order chi connectivity index (χ0) is 23.5. The van der Waals surface area contributed by atoms with Gasteiger partial charge in [0.2, 0.25) is 11.9 Å². The van der Waals surface area contributed by atoms with Crippen LogP contribution >= 0.6 is 0 Å². The maximum absolute atomic E-state index is 5.97. The number of hydrogen-bond acceptors (Lipinski definition) is 7. The molecule has 3 aromatic carbocycles. The first-order valence-electron chi connectivity index (χ1n) is 11.8. The van der Waals surface area contributed by atoms with Gasteiger partial charge in [0.25, 0.3) is 0 Å². The molecule has 0 spiro atoms. The zero-order valence-corrected chi connectivity index (χ0v) is 19.3. The normalized spacial score (nSPS) is 13.9. The van der Waals surface area contributed by atoms with Gasteiger partial charge in [-0.15, -0.1) is 0 Å². The van der Waals surface area contributed by atoms with Crippen LogP contribution in [-0.4, -0.2) is 52.8 Å². The first kappa shape index (κ1) is 21.4. The molecule has 0 unspecified atom stereocenters. The molecule has 0 bridgehead atoms. The second-order valence-electron chi connectivity index (χ2n) is 8.48. The molecule has 1 fully saturated rings. The molecule has 3 heterocycles. The Labute approximate surface area is 202 Å². The van der Waals surface area contributed by atoms with Crippen molar-refractivity contribution in [3.63, 3.8) is 0 Å². The lowest BCUT2D eigenvalue weighted by Crippen LogP contribution is -2.37. The van der Waals surface area contributed by atoms with E-state index in [1.807, 2.05) is 30.3 Å². The van der Waals surface area contributed by atoms with E-state index in [1.54, 1.807) is 0 Å². The Morgan fingerprint density at radius 3 is 2.54 bits per heavy atom. The van der Waals surface area contributed by atoms with E-state index in [9.17, 15) is 0 Å². The van der Waals surface area contributed by atoms with E-state index < -0.39 is 0 Å². The van der Waals surface area contributed by atoms with Crippen molar-refractivity contribution in [2.75, 3.05) is 43.1 Å². The van der Waals surface area contributed by atoms with E-state index in [-0.39, 0.29) is 0 Å². The van der Waals surface area contributed by atoms with Gasteiger partial charge in [-0.1, -0.05) is 48.5 Å². The number of benzene rings is 3. The van der Waals surface area contributed by atoms with Gasteiger partial charge >= 0.3 is 6.01 Å². The number of morpholine rings is 1. The number of ether oxygens (including phenoxy) is 2. The molecular weight excluding hydrogens is 440 g/mol. The molecule has 0 aliphatic carbocycles. The van der Waals surface area contributed by atoms with Crippen LogP contribution in [0.5, 0.6) is 6.01 Å². The Morgan fingerprint density at radius 1 is 0.857 bits per heavy atom. The molecule has 8 nitrogen and oxygen atoms in total. The summed E-state index contributed by atoms with van der Waals surface area (Å²) in [5.74, 6) is 1.05. The van der Waals surface area contributed by atoms with Gasteiger partial charge in [-0.3, -0.25) is 0 Å². The highest BCUT2D eigenvalue weighted by Gasteiger charge is 2.17. The highest BCUT2D eigenvalue weighted by atomic mass is 16.5. The number of hydrogen-bond donors (Lipinski definition) is 2. The number of H-pyrrole nitrogens is 1. The van der Waals surface area contributed by atoms with E-state index in [0.717, 1.165) is 41.6 Å². The van der Waals surface area contributed by atoms with Gasteiger partial charge in [0.15, 0.2) is 0 Å². The van der Waals surface area contributed by atoms with Crippen LogP contribution in [0.1, 0.15) is 5.56 Å². The second kappa shape index (κ2) is 9.60. The molecule has 8 heteroatoms. The van der Waals surface area contributed by atoms with Crippen LogP contribution in [0.25, 0.3) is 21.8 Å². The average molecular weight is 467 g/mol. The molecule has 176 valence electrons. The van der Waals surface area contributed by atoms with Gasteiger partial charge in [-0.25, -0.2) is 0 Å². The van der Waals surface area contributed by atoms with Gasteiger partial charge in [-0.05, 0) is 29.8 Å². The van der Waals surface area contributed by atoms with Crippen molar-refractivity contribution in [2.45, 2.75) is 6.42 Å². The lowest BCUT2D eigenvalue weighted by molar-refractivity contribution is 0.122. The first-order chi connectivity index (χ1) is 17.3. The molecule has 0 amide bonds. The fourth-order valence-electron chi connectivity index (χ4n) is 4.33. The predicted molar refractivity (Wildman–Crippen MR) is 138 cm³/mol. The molecule has 2 N–H and O–H groups in total. The summed E-state index contributed by atoms with van der Waals surface area (Å²) in [7, 11) is 0. The summed E-state index contributed by atoms with van der Waals surface area (Å²) in [6, 6.07) is 25.1. The molecule has 35 heavy (non-hydrogen) atoms. The van der Waals surface area contributed by atoms with Crippen LogP contribution < -0.4 is 15.0 Å². The molecule has 1 saturated heterocycles. The third kappa shape index (κ3) is 4.74. The summed E-state index contributed by atoms with van der Waals surface area (Å²) in [4.78, 5) is 19.4. The van der Waals surface area contributed by atoms with E-state index in [0.29, 0.717) is 37.7 Å². The van der Waals surface area contributed by atoms with Gasteiger partial charge in [0.05, 0.1) is 19.8 Å². The molecule has 1 aliphatic rings. The second-order valence-corrected chi connectivity index (χ2v) is 8.48. The topological polar surface area (TPSA) is 88.2 Å². The Bertz CT molecular complexity index is 1450. The van der Waals surface area contributed by atoms with E-state index in [4.69, 9.17) is 14.5 Å². The minimum atomic E-state index is 0.313. The molecule has 1 aliphatic heterocycles.